The number of para-hydroxylation sites is 1. The van der Waals surface area contributed by atoms with Crippen molar-refractivity contribution in [3.05, 3.63) is 60.2 Å². The molecule has 4 rings (SSSR count). The smallest absolute Gasteiger partial charge is 0.242 e. The molecule has 1 heterocycles. The lowest BCUT2D eigenvalue weighted by Gasteiger charge is -2.05. The number of nitrogens with zero attached hydrogens (tertiary/aromatic N) is 3. The van der Waals surface area contributed by atoms with Crippen LogP contribution in [0.25, 0.3) is 11.0 Å². The topological polar surface area (TPSA) is 59.8 Å². The van der Waals surface area contributed by atoms with Gasteiger partial charge in [-0.15, -0.1) is 5.10 Å². The zero-order valence-electron chi connectivity index (χ0n) is 12.0. The maximum absolute atomic E-state index is 12.2. The number of hydrogen-bond acceptors (Lipinski definition) is 3. The van der Waals surface area contributed by atoms with Crippen LogP contribution in [0.4, 0.5) is 0 Å². The van der Waals surface area contributed by atoms with E-state index in [-0.39, 0.29) is 18.5 Å². The Hall–Kier alpha value is -2.69. The van der Waals surface area contributed by atoms with Crippen molar-refractivity contribution < 1.29 is 4.79 Å². The van der Waals surface area contributed by atoms with E-state index < -0.39 is 0 Å². The number of aromatic nitrogens is 3. The Morgan fingerprint density at radius 3 is 2.77 bits per heavy atom. The minimum Gasteiger partial charge on any atom is -0.351 e. The molecule has 0 bridgehead atoms. The normalized spacial score (nSPS) is 20.0. The summed E-state index contributed by atoms with van der Waals surface area (Å²) in [5.41, 5.74) is 2.98. The van der Waals surface area contributed by atoms with Crippen molar-refractivity contribution >= 4 is 16.9 Å². The summed E-state index contributed by atoms with van der Waals surface area (Å²) >= 11 is 0. The second kappa shape index (κ2) is 5.26. The van der Waals surface area contributed by atoms with Crippen LogP contribution in [0.3, 0.4) is 0 Å². The van der Waals surface area contributed by atoms with Crippen LogP contribution >= 0.6 is 0 Å². The van der Waals surface area contributed by atoms with E-state index in [2.05, 4.69) is 27.8 Å². The van der Waals surface area contributed by atoms with Gasteiger partial charge in [0.05, 0.1) is 5.52 Å². The summed E-state index contributed by atoms with van der Waals surface area (Å²) in [7, 11) is 0. The zero-order chi connectivity index (χ0) is 14.9. The molecule has 1 saturated carbocycles. The van der Waals surface area contributed by atoms with Crippen molar-refractivity contribution in [1.82, 2.24) is 20.3 Å². The van der Waals surface area contributed by atoms with Gasteiger partial charge in [-0.1, -0.05) is 47.7 Å². The molecule has 0 unspecified atom stereocenters. The lowest BCUT2D eigenvalue weighted by molar-refractivity contribution is -0.121. The Kier molecular flexibility index (Phi) is 3.11. The Bertz CT molecular complexity index is 812. The van der Waals surface area contributed by atoms with Crippen LogP contribution < -0.4 is 5.32 Å². The van der Waals surface area contributed by atoms with E-state index in [4.69, 9.17) is 0 Å². The largest absolute Gasteiger partial charge is 0.351 e. The molecule has 1 amide bonds. The number of carbonyl (C=O) groups excluding carboxylic acids is 1. The monoisotopic (exact) mass is 292 g/mol. The van der Waals surface area contributed by atoms with Crippen LogP contribution in [-0.4, -0.2) is 26.9 Å². The Morgan fingerprint density at radius 2 is 1.91 bits per heavy atom. The summed E-state index contributed by atoms with van der Waals surface area (Å²) in [5.74, 6) is 0.428. The summed E-state index contributed by atoms with van der Waals surface area (Å²) in [6.07, 6.45) is 1.01. The van der Waals surface area contributed by atoms with Gasteiger partial charge in [-0.3, -0.25) is 4.79 Å². The van der Waals surface area contributed by atoms with Crippen molar-refractivity contribution in [2.75, 3.05) is 0 Å². The van der Waals surface area contributed by atoms with Gasteiger partial charge in [-0.2, -0.15) is 0 Å². The lowest BCUT2D eigenvalue weighted by Crippen LogP contribution is -2.30. The molecule has 0 spiro atoms. The first-order valence-corrected chi connectivity index (χ1v) is 7.44. The van der Waals surface area contributed by atoms with Gasteiger partial charge in [0.15, 0.2) is 0 Å². The molecule has 1 aliphatic carbocycles. The Morgan fingerprint density at radius 1 is 1.14 bits per heavy atom. The Labute approximate surface area is 127 Å². The highest BCUT2D eigenvalue weighted by atomic mass is 16.2. The SMILES string of the molecule is O=C(Cn1nnc2ccccc21)N[C@H]1C[C@@H]1c1ccccc1. The van der Waals surface area contributed by atoms with Crippen molar-refractivity contribution in [2.24, 2.45) is 0 Å². The maximum Gasteiger partial charge on any atom is 0.242 e. The molecule has 2 atom stereocenters. The van der Waals surface area contributed by atoms with Crippen LogP contribution in [0.5, 0.6) is 0 Å². The number of rotatable bonds is 4. The number of nitrogens with one attached hydrogen (secondary N) is 1. The van der Waals surface area contributed by atoms with Gasteiger partial charge in [-0.25, -0.2) is 4.68 Å². The molecule has 110 valence electrons. The van der Waals surface area contributed by atoms with Crippen LogP contribution in [-0.2, 0) is 11.3 Å². The molecular formula is C17H16N4O. The highest BCUT2D eigenvalue weighted by molar-refractivity contribution is 5.80. The van der Waals surface area contributed by atoms with Gasteiger partial charge >= 0.3 is 0 Å². The summed E-state index contributed by atoms with van der Waals surface area (Å²) < 4.78 is 1.64. The minimum atomic E-state index is -0.0147. The molecule has 5 heteroatoms. The molecule has 0 saturated heterocycles. The fraction of sp³-hybridized carbons (Fsp3) is 0.235. The number of fused-ring (bicyclic) bond motifs is 1. The van der Waals surface area contributed by atoms with Crippen molar-refractivity contribution in [2.45, 2.75) is 24.9 Å². The molecule has 1 fully saturated rings. The third-order valence-corrected chi connectivity index (χ3v) is 4.08. The Balaban J connectivity index is 1.40. The van der Waals surface area contributed by atoms with E-state index >= 15 is 0 Å². The maximum atomic E-state index is 12.2. The number of hydrogen-bond donors (Lipinski definition) is 1. The second-order valence-electron chi connectivity index (χ2n) is 5.66. The fourth-order valence-corrected chi connectivity index (χ4v) is 2.85. The fourth-order valence-electron chi connectivity index (χ4n) is 2.85. The second-order valence-corrected chi connectivity index (χ2v) is 5.66. The molecule has 3 aromatic rings. The standard InChI is InChI=1S/C17H16N4O/c22-17(11-21-16-9-5-4-8-14(16)19-20-21)18-15-10-13(15)12-6-2-1-3-7-12/h1-9,13,15H,10-11H2,(H,18,22)/t13-,15+/m1/s1. The van der Waals surface area contributed by atoms with E-state index in [1.807, 2.05) is 42.5 Å². The van der Waals surface area contributed by atoms with E-state index in [9.17, 15) is 4.79 Å². The average Bonchev–Trinajstić information content (AvgIpc) is 3.20. The summed E-state index contributed by atoms with van der Waals surface area (Å²) in [6.45, 7) is 0.207. The summed E-state index contributed by atoms with van der Waals surface area (Å²) in [4.78, 5) is 12.2. The third-order valence-electron chi connectivity index (χ3n) is 4.08. The highest BCUT2D eigenvalue weighted by Crippen LogP contribution is 2.40. The van der Waals surface area contributed by atoms with Crippen LogP contribution in [0.2, 0.25) is 0 Å². The average molecular weight is 292 g/mol. The minimum absolute atomic E-state index is 0.0147. The summed E-state index contributed by atoms with van der Waals surface area (Å²) in [6, 6.07) is 18.2. The number of benzene rings is 2. The van der Waals surface area contributed by atoms with Gasteiger partial charge in [0.1, 0.15) is 12.1 Å². The molecule has 5 nitrogen and oxygen atoms in total. The van der Waals surface area contributed by atoms with Crippen LogP contribution in [0.15, 0.2) is 54.6 Å². The van der Waals surface area contributed by atoms with Gasteiger partial charge in [-0.05, 0) is 24.1 Å². The number of amides is 1. The molecule has 1 aliphatic rings. The van der Waals surface area contributed by atoms with Crippen LogP contribution in [0.1, 0.15) is 17.9 Å². The van der Waals surface area contributed by atoms with E-state index in [1.54, 1.807) is 4.68 Å². The molecule has 0 aliphatic heterocycles. The lowest BCUT2D eigenvalue weighted by atomic mass is 10.1. The molecule has 22 heavy (non-hydrogen) atoms. The molecule has 2 aromatic carbocycles. The van der Waals surface area contributed by atoms with Crippen molar-refractivity contribution in [3.63, 3.8) is 0 Å². The van der Waals surface area contributed by atoms with Crippen molar-refractivity contribution in [1.29, 1.82) is 0 Å². The summed E-state index contributed by atoms with van der Waals surface area (Å²) in [5, 5.41) is 11.2. The van der Waals surface area contributed by atoms with E-state index in [0.717, 1.165) is 17.5 Å². The molecule has 0 radical (unpaired) electrons. The molecule has 1 N–H and O–H groups in total. The van der Waals surface area contributed by atoms with E-state index in [0.29, 0.717) is 5.92 Å². The predicted molar refractivity (Wildman–Crippen MR) is 83.3 cm³/mol. The number of carbonyl (C=O) groups is 1. The van der Waals surface area contributed by atoms with Crippen molar-refractivity contribution in [3.8, 4) is 0 Å². The quantitative estimate of drug-likeness (QED) is 0.801. The van der Waals surface area contributed by atoms with Crippen LogP contribution in [0, 0.1) is 0 Å². The van der Waals surface area contributed by atoms with Gasteiger partial charge < -0.3 is 5.32 Å². The van der Waals surface area contributed by atoms with E-state index in [1.165, 1.54) is 5.56 Å². The highest BCUT2D eigenvalue weighted by Gasteiger charge is 2.39. The predicted octanol–water partition coefficient (Wildman–Crippen LogP) is 2.10. The first kappa shape index (κ1) is 13.0. The van der Waals surface area contributed by atoms with Gasteiger partial charge in [0, 0.05) is 12.0 Å². The van der Waals surface area contributed by atoms with Gasteiger partial charge in [0.2, 0.25) is 5.91 Å². The molecular weight excluding hydrogens is 276 g/mol. The first-order chi connectivity index (χ1) is 10.8. The van der Waals surface area contributed by atoms with Gasteiger partial charge in [0.25, 0.3) is 0 Å². The zero-order valence-corrected chi connectivity index (χ0v) is 12.0. The molecule has 1 aromatic heterocycles. The third kappa shape index (κ3) is 2.45. The first-order valence-electron chi connectivity index (χ1n) is 7.44.